The van der Waals surface area contributed by atoms with E-state index < -0.39 is 0 Å². The molecular formula is C28H44N2O3S. The fourth-order valence-electron chi connectivity index (χ4n) is 4.95. The molecule has 1 aliphatic heterocycles. The van der Waals surface area contributed by atoms with Gasteiger partial charge in [0.25, 0.3) is 0 Å². The fraction of sp³-hybridized carbons (Fsp3) is 0.714. The minimum atomic E-state index is -0.135. The quantitative estimate of drug-likeness (QED) is 0.226. The summed E-state index contributed by atoms with van der Waals surface area (Å²) in [6, 6.07) is 3.73. The molecule has 3 heterocycles. The first-order valence-electron chi connectivity index (χ1n) is 13.6. The zero-order valence-corrected chi connectivity index (χ0v) is 21.9. The lowest BCUT2D eigenvalue weighted by Crippen LogP contribution is -2.25. The molecule has 190 valence electrons. The number of carbonyl (C=O) groups is 1. The predicted octanol–water partition coefficient (Wildman–Crippen LogP) is 8.50. The van der Waals surface area contributed by atoms with E-state index in [1.807, 2.05) is 12.1 Å². The van der Waals surface area contributed by atoms with E-state index in [4.69, 9.17) is 14.9 Å². The Kier molecular flexibility index (Phi) is 12.2. The van der Waals surface area contributed by atoms with Crippen molar-refractivity contribution in [1.82, 2.24) is 4.98 Å². The van der Waals surface area contributed by atoms with Crippen molar-refractivity contribution in [1.29, 1.82) is 0 Å². The average molecular weight is 489 g/mol. The lowest BCUT2D eigenvalue weighted by atomic mass is 9.88. The van der Waals surface area contributed by atoms with Gasteiger partial charge < -0.3 is 14.9 Å². The molecule has 1 fully saturated rings. The second-order valence-electron chi connectivity index (χ2n) is 9.78. The van der Waals surface area contributed by atoms with Gasteiger partial charge >= 0.3 is 0 Å². The second kappa shape index (κ2) is 15.4. The molecule has 2 aromatic rings. The van der Waals surface area contributed by atoms with Crippen LogP contribution in [0.4, 0.5) is 5.13 Å². The lowest BCUT2D eigenvalue weighted by Gasteiger charge is -2.28. The van der Waals surface area contributed by atoms with Crippen LogP contribution >= 0.6 is 11.3 Å². The van der Waals surface area contributed by atoms with Crippen LogP contribution in [0, 0.1) is 5.92 Å². The lowest BCUT2D eigenvalue weighted by molar-refractivity contribution is -0.128. The number of unbranched alkanes of at least 4 members (excludes halogenated alkanes) is 12. The third-order valence-electron chi connectivity index (χ3n) is 6.98. The van der Waals surface area contributed by atoms with Crippen LogP contribution in [0.25, 0.3) is 11.5 Å². The van der Waals surface area contributed by atoms with Crippen LogP contribution in [0.2, 0.25) is 0 Å². The summed E-state index contributed by atoms with van der Waals surface area (Å²) < 4.78 is 11.6. The van der Waals surface area contributed by atoms with E-state index in [-0.39, 0.29) is 12.0 Å². The predicted molar refractivity (Wildman–Crippen MR) is 141 cm³/mol. The number of thiazole rings is 1. The van der Waals surface area contributed by atoms with E-state index in [2.05, 4.69) is 11.9 Å². The van der Waals surface area contributed by atoms with Crippen molar-refractivity contribution in [3.05, 3.63) is 23.3 Å². The van der Waals surface area contributed by atoms with E-state index in [1.165, 1.54) is 88.4 Å². The zero-order chi connectivity index (χ0) is 24.0. The molecule has 0 spiro atoms. The second-order valence-corrected chi connectivity index (χ2v) is 10.8. The number of furan rings is 1. The zero-order valence-electron chi connectivity index (χ0n) is 21.1. The molecule has 2 N–H and O–H groups in total. The van der Waals surface area contributed by atoms with E-state index in [9.17, 15) is 4.79 Å². The number of Topliss-reactive ketones (excluding diaryl/α,β-unsaturated/α-hetero) is 1. The maximum absolute atomic E-state index is 12.9. The van der Waals surface area contributed by atoms with Crippen LogP contribution in [0.15, 0.2) is 22.8 Å². The van der Waals surface area contributed by atoms with E-state index in [1.54, 1.807) is 6.26 Å². The number of carbonyl (C=O) groups excluding carboxylic acids is 1. The number of aromatic nitrogens is 1. The molecule has 0 aliphatic carbocycles. The average Bonchev–Trinajstić information content (AvgIpc) is 3.52. The van der Waals surface area contributed by atoms with Gasteiger partial charge in [-0.3, -0.25) is 4.79 Å². The van der Waals surface area contributed by atoms with Crippen LogP contribution in [0.3, 0.4) is 0 Å². The normalized spacial score (nSPS) is 18.4. The molecule has 3 rings (SSSR count). The minimum Gasteiger partial charge on any atom is -0.463 e. The van der Waals surface area contributed by atoms with Crippen LogP contribution in [0.5, 0.6) is 0 Å². The summed E-state index contributed by atoms with van der Waals surface area (Å²) in [4.78, 5) is 18.3. The molecule has 0 saturated carbocycles. The number of nitrogens with zero attached hydrogens (tertiary/aromatic N) is 1. The molecule has 2 unspecified atom stereocenters. The van der Waals surface area contributed by atoms with Gasteiger partial charge in [0.2, 0.25) is 0 Å². The van der Waals surface area contributed by atoms with Gasteiger partial charge in [0.05, 0.1) is 17.2 Å². The molecule has 2 aromatic heterocycles. The van der Waals surface area contributed by atoms with Crippen molar-refractivity contribution in [2.45, 2.75) is 116 Å². The monoisotopic (exact) mass is 488 g/mol. The summed E-state index contributed by atoms with van der Waals surface area (Å²) in [6.07, 6.45) is 21.0. The maximum atomic E-state index is 12.9. The Morgan fingerprint density at radius 3 is 2.29 bits per heavy atom. The number of hydrogen-bond acceptors (Lipinski definition) is 6. The van der Waals surface area contributed by atoms with Gasteiger partial charge in [0, 0.05) is 18.9 Å². The highest BCUT2D eigenvalue weighted by Gasteiger charge is 2.32. The van der Waals surface area contributed by atoms with Crippen molar-refractivity contribution >= 4 is 22.3 Å². The number of ketones is 1. The Labute approximate surface area is 209 Å². The van der Waals surface area contributed by atoms with Gasteiger partial charge in [-0.25, -0.2) is 4.98 Å². The molecule has 0 aromatic carbocycles. The molecule has 6 heteroatoms. The van der Waals surface area contributed by atoms with Crippen LogP contribution < -0.4 is 5.73 Å². The largest absolute Gasteiger partial charge is 0.463 e. The molecular weight excluding hydrogens is 444 g/mol. The summed E-state index contributed by atoms with van der Waals surface area (Å²) in [5.74, 6) is 1.17. The van der Waals surface area contributed by atoms with Gasteiger partial charge in [-0.1, -0.05) is 95.3 Å². The standard InChI is InChI=1S/C28H44N2O3S/c1-2-3-4-5-6-7-8-9-10-11-12-13-14-16-23(31)22-18-20-33-25(21-22)27-26(30-28(29)34-27)24-17-15-19-32-24/h15,17,19,22,25H,2-14,16,18,20-21H2,1H3,(H2,29,30). The first-order valence-corrected chi connectivity index (χ1v) is 14.4. The van der Waals surface area contributed by atoms with Crippen molar-refractivity contribution in [2.24, 2.45) is 5.92 Å². The van der Waals surface area contributed by atoms with Crippen molar-refractivity contribution in [3.63, 3.8) is 0 Å². The summed E-state index contributed by atoms with van der Waals surface area (Å²) >= 11 is 1.44. The summed E-state index contributed by atoms with van der Waals surface area (Å²) in [6.45, 7) is 2.88. The first-order chi connectivity index (χ1) is 16.7. The van der Waals surface area contributed by atoms with E-state index in [0.717, 1.165) is 23.4 Å². The van der Waals surface area contributed by atoms with Crippen LogP contribution in [-0.2, 0) is 9.53 Å². The number of hydrogen-bond donors (Lipinski definition) is 1. The van der Waals surface area contributed by atoms with Gasteiger partial charge in [0.15, 0.2) is 10.9 Å². The van der Waals surface area contributed by atoms with Gasteiger partial charge in [0.1, 0.15) is 11.5 Å². The number of rotatable bonds is 17. The van der Waals surface area contributed by atoms with Gasteiger partial charge in [-0.2, -0.15) is 0 Å². The Balaban J connectivity index is 1.29. The van der Waals surface area contributed by atoms with Gasteiger partial charge in [-0.15, -0.1) is 0 Å². The van der Waals surface area contributed by atoms with Crippen molar-refractivity contribution in [3.8, 4) is 11.5 Å². The highest BCUT2D eigenvalue weighted by atomic mass is 32.1. The maximum Gasteiger partial charge on any atom is 0.181 e. The molecule has 0 bridgehead atoms. The Bertz CT molecular complexity index is 818. The van der Waals surface area contributed by atoms with Crippen molar-refractivity contribution in [2.75, 3.05) is 12.3 Å². The summed E-state index contributed by atoms with van der Waals surface area (Å²) in [7, 11) is 0. The van der Waals surface area contributed by atoms with Crippen LogP contribution in [-0.4, -0.2) is 17.4 Å². The SMILES string of the molecule is CCCCCCCCCCCCCCCC(=O)C1CCOC(c2sc(N)nc2-c2ccco2)C1. The molecule has 5 nitrogen and oxygen atoms in total. The Morgan fingerprint density at radius 1 is 1.03 bits per heavy atom. The number of anilines is 1. The van der Waals surface area contributed by atoms with Gasteiger partial charge in [-0.05, 0) is 31.4 Å². The number of nitrogen functional groups attached to an aromatic ring is 1. The molecule has 34 heavy (non-hydrogen) atoms. The topological polar surface area (TPSA) is 78.4 Å². The third kappa shape index (κ3) is 8.84. The van der Waals surface area contributed by atoms with E-state index in [0.29, 0.717) is 36.1 Å². The molecule has 1 aliphatic rings. The Morgan fingerprint density at radius 2 is 1.68 bits per heavy atom. The summed E-state index contributed by atoms with van der Waals surface area (Å²) in [5.41, 5.74) is 6.74. The smallest absolute Gasteiger partial charge is 0.181 e. The highest BCUT2D eigenvalue weighted by Crippen LogP contribution is 2.41. The molecule has 1 saturated heterocycles. The molecule has 0 radical (unpaired) electrons. The minimum absolute atomic E-state index is 0.0730. The van der Waals surface area contributed by atoms with Crippen LogP contribution in [0.1, 0.15) is 121 Å². The first kappa shape index (κ1) is 26.9. The number of nitrogens with two attached hydrogens (primary N) is 1. The fourth-order valence-corrected chi connectivity index (χ4v) is 5.85. The highest BCUT2D eigenvalue weighted by molar-refractivity contribution is 7.15. The summed E-state index contributed by atoms with van der Waals surface area (Å²) in [5, 5.41) is 0.505. The Hall–Kier alpha value is -1.66. The van der Waals surface area contributed by atoms with E-state index >= 15 is 0 Å². The third-order valence-corrected chi connectivity index (χ3v) is 7.96. The number of ether oxygens (including phenoxy) is 1. The molecule has 0 amide bonds. The van der Waals surface area contributed by atoms with Crippen molar-refractivity contribution < 1.29 is 13.9 Å². The molecule has 2 atom stereocenters.